The number of fused-ring (bicyclic) bond motifs is 1. The van der Waals surface area contributed by atoms with Gasteiger partial charge in [0.15, 0.2) is 5.75 Å². The molecule has 1 aromatic carbocycles. The summed E-state index contributed by atoms with van der Waals surface area (Å²) in [5.74, 6) is 0.400. The van der Waals surface area contributed by atoms with Gasteiger partial charge in [0.25, 0.3) is 0 Å². The van der Waals surface area contributed by atoms with Gasteiger partial charge in [-0.2, -0.15) is 0 Å². The molecule has 0 saturated heterocycles. The van der Waals surface area contributed by atoms with Crippen molar-refractivity contribution < 1.29 is 9.53 Å². The lowest BCUT2D eigenvalue weighted by atomic mass is 10.1. The van der Waals surface area contributed by atoms with E-state index in [1.54, 1.807) is 6.20 Å². The number of unbranched alkanes of at least 4 members (excludes halogenated alkanes) is 11. The summed E-state index contributed by atoms with van der Waals surface area (Å²) < 4.78 is 5.54. The Balaban J connectivity index is 0.00000480. The van der Waals surface area contributed by atoms with Crippen LogP contribution in [-0.2, 0) is 4.79 Å². The summed E-state index contributed by atoms with van der Waals surface area (Å²) in [7, 11) is 0. The Kier molecular flexibility index (Phi) is 16.2. The zero-order chi connectivity index (χ0) is 21.3. The maximum atomic E-state index is 12.1. The Bertz CT molecular complexity index is 754. The van der Waals surface area contributed by atoms with E-state index in [-0.39, 0.29) is 29.0 Å². The fraction of sp³-hybridized carbons (Fsp3) is 0.556. The number of carbonyl (C=O) groups excluding carboxylic acids is 1. The number of ether oxygens (including phenoxy) is 1. The highest BCUT2D eigenvalue weighted by molar-refractivity contribution is 5.86. The molecule has 0 bridgehead atoms. The normalized spacial score (nSPS) is 11.0. The summed E-state index contributed by atoms with van der Waals surface area (Å²) in [6.45, 7) is 2.27. The molecular formula is C27H41MgNO2. The number of allylic oxidation sites excluding steroid dienone is 2. The van der Waals surface area contributed by atoms with E-state index in [0.29, 0.717) is 12.2 Å². The molecule has 0 N–H and O–H groups in total. The molecule has 4 heteroatoms. The molecule has 2 rings (SSSR count). The number of hydrogen-bond donors (Lipinski definition) is 0. The third-order valence-electron chi connectivity index (χ3n) is 5.46. The molecule has 1 aromatic heterocycles. The van der Waals surface area contributed by atoms with Gasteiger partial charge < -0.3 is 4.74 Å². The van der Waals surface area contributed by atoms with Gasteiger partial charge >= 0.3 is 29.0 Å². The van der Waals surface area contributed by atoms with Crippen LogP contribution in [-0.4, -0.2) is 34.0 Å². The van der Waals surface area contributed by atoms with Crippen molar-refractivity contribution in [3.05, 3.63) is 48.7 Å². The highest BCUT2D eigenvalue weighted by Crippen LogP contribution is 2.23. The van der Waals surface area contributed by atoms with Crippen LogP contribution in [0.5, 0.6) is 5.75 Å². The molecule has 0 spiro atoms. The molecule has 2 aromatic rings. The Morgan fingerprint density at radius 2 is 1.45 bits per heavy atom. The summed E-state index contributed by atoms with van der Waals surface area (Å²) in [6.07, 6.45) is 23.2. The Morgan fingerprint density at radius 3 is 2.16 bits per heavy atom. The fourth-order valence-corrected chi connectivity index (χ4v) is 3.67. The van der Waals surface area contributed by atoms with Crippen molar-refractivity contribution in [2.24, 2.45) is 0 Å². The highest BCUT2D eigenvalue weighted by atomic mass is 24.3. The monoisotopic (exact) mass is 435 g/mol. The van der Waals surface area contributed by atoms with Gasteiger partial charge in [-0.3, -0.25) is 9.78 Å². The minimum atomic E-state index is -0.161. The predicted octanol–water partition coefficient (Wildman–Crippen LogP) is 7.26. The molecule has 31 heavy (non-hydrogen) atoms. The SMILES string of the molecule is CCCCCCCC/C=C\CCCCCCCC(=O)Oc1cccc2cccnc12.[MgH2]. The fourth-order valence-electron chi connectivity index (χ4n) is 3.67. The van der Waals surface area contributed by atoms with E-state index in [4.69, 9.17) is 4.74 Å². The number of hydrogen-bond acceptors (Lipinski definition) is 3. The van der Waals surface area contributed by atoms with Crippen LogP contribution in [0.3, 0.4) is 0 Å². The van der Waals surface area contributed by atoms with Crippen molar-refractivity contribution in [3.8, 4) is 5.75 Å². The second-order valence-electron chi connectivity index (χ2n) is 8.14. The molecule has 0 aliphatic heterocycles. The van der Waals surface area contributed by atoms with Gasteiger partial charge in [-0.15, -0.1) is 0 Å². The predicted molar refractivity (Wildman–Crippen MR) is 135 cm³/mol. The molecule has 168 valence electrons. The summed E-state index contributed by atoms with van der Waals surface area (Å²) in [5.41, 5.74) is 0.748. The summed E-state index contributed by atoms with van der Waals surface area (Å²) >= 11 is 0. The second kappa shape index (κ2) is 18.2. The lowest BCUT2D eigenvalue weighted by molar-refractivity contribution is -0.134. The van der Waals surface area contributed by atoms with E-state index in [2.05, 4.69) is 24.1 Å². The van der Waals surface area contributed by atoms with E-state index in [9.17, 15) is 4.79 Å². The number of esters is 1. The minimum Gasteiger partial charge on any atom is -0.424 e. The lowest BCUT2D eigenvalue weighted by Gasteiger charge is -2.07. The van der Waals surface area contributed by atoms with Crippen LogP contribution in [0.25, 0.3) is 10.9 Å². The maximum absolute atomic E-state index is 12.1. The van der Waals surface area contributed by atoms with Crippen LogP contribution in [0.4, 0.5) is 0 Å². The molecule has 0 unspecified atom stereocenters. The lowest BCUT2D eigenvalue weighted by Crippen LogP contribution is -2.08. The first-order valence-electron chi connectivity index (χ1n) is 12.0. The molecule has 3 nitrogen and oxygen atoms in total. The average Bonchev–Trinajstić information content (AvgIpc) is 2.76. The number of benzene rings is 1. The van der Waals surface area contributed by atoms with Crippen molar-refractivity contribution in [3.63, 3.8) is 0 Å². The van der Waals surface area contributed by atoms with Crippen molar-refractivity contribution >= 4 is 39.9 Å². The summed E-state index contributed by atoms with van der Waals surface area (Å²) in [4.78, 5) is 16.5. The standard InChI is InChI=1S/C27H39NO2.Mg.2H/c1-2-3-4-5-6-7-8-9-10-11-12-13-14-15-16-22-26(29)30-25-21-17-19-24-20-18-23-28-27(24)25;;;/h9-10,17-21,23H,2-8,11-16,22H2,1H3;;;/b10-9-;;;. The molecule has 0 aliphatic rings. The Hall–Kier alpha value is -1.39. The van der Waals surface area contributed by atoms with Crippen LogP contribution in [0.15, 0.2) is 48.7 Å². The first-order chi connectivity index (χ1) is 14.8. The van der Waals surface area contributed by atoms with Gasteiger partial charge in [0.1, 0.15) is 5.52 Å². The van der Waals surface area contributed by atoms with Crippen LogP contribution in [0.2, 0.25) is 0 Å². The van der Waals surface area contributed by atoms with Crippen LogP contribution in [0, 0.1) is 0 Å². The molecule has 0 amide bonds. The van der Waals surface area contributed by atoms with Crippen molar-refractivity contribution in [1.82, 2.24) is 4.98 Å². The van der Waals surface area contributed by atoms with Crippen molar-refractivity contribution in [2.75, 3.05) is 0 Å². The number of pyridine rings is 1. The quantitative estimate of drug-likeness (QED) is 0.0915. The largest absolute Gasteiger partial charge is 0.424 e. The van der Waals surface area contributed by atoms with Crippen molar-refractivity contribution in [1.29, 1.82) is 0 Å². The molecule has 0 aliphatic carbocycles. The number of rotatable bonds is 16. The van der Waals surface area contributed by atoms with E-state index in [0.717, 1.165) is 23.7 Å². The number of carbonyl (C=O) groups is 1. The Morgan fingerprint density at radius 1 is 0.839 bits per heavy atom. The number of nitrogens with zero attached hydrogens (tertiary/aromatic N) is 1. The van der Waals surface area contributed by atoms with Gasteiger partial charge in [0, 0.05) is 18.0 Å². The third kappa shape index (κ3) is 12.3. The van der Waals surface area contributed by atoms with E-state index in [1.165, 1.54) is 70.6 Å². The molecule has 1 heterocycles. The molecule has 0 fully saturated rings. The maximum Gasteiger partial charge on any atom is 0.316 e. The van der Waals surface area contributed by atoms with Crippen LogP contribution >= 0.6 is 0 Å². The average molecular weight is 436 g/mol. The van der Waals surface area contributed by atoms with Crippen molar-refractivity contribution in [2.45, 2.75) is 96.8 Å². The molecule has 0 radical (unpaired) electrons. The molecular weight excluding hydrogens is 395 g/mol. The Labute approximate surface area is 205 Å². The molecule has 0 atom stereocenters. The third-order valence-corrected chi connectivity index (χ3v) is 5.46. The molecule has 0 saturated carbocycles. The van der Waals surface area contributed by atoms with E-state index < -0.39 is 0 Å². The second-order valence-corrected chi connectivity index (χ2v) is 8.14. The highest BCUT2D eigenvalue weighted by Gasteiger charge is 2.08. The van der Waals surface area contributed by atoms with E-state index in [1.807, 2.05) is 30.3 Å². The van der Waals surface area contributed by atoms with Gasteiger partial charge in [0.05, 0.1) is 0 Å². The van der Waals surface area contributed by atoms with Crippen LogP contribution < -0.4 is 4.74 Å². The number of para-hydroxylation sites is 1. The zero-order valence-electron chi connectivity index (χ0n) is 18.8. The van der Waals surface area contributed by atoms with Gasteiger partial charge in [-0.05, 0) is 44.2 Å². The zero-order valence-corrected chi connectivity index (χ0v) is 18.8. The summed E-state index contributed by atoms with van der Waals surface area (Å²) in [6, 6.07) is 9.55. The number of aromatic nitrogens is 1. The van der Waals surface area contributed by atoms with Crippen LogP contribution in [0.1, 0.15) is 96.8 Å². The smallest absolute Gasteiger partial charge is 0.316 e. The first-order valence-corrected chi connectivity index (χ1v) is 12.0. The topological polar surface area (TPSA) is 39.2 Å². The van der Waals surface area contributed by atoms with E-state index >= 15 is 0 Å². The van der Waals surface area contributed by atoms with Gasteiger partial charge in [-0.1, -0.05) is 88.6 Å². The summed E-state index contributed by atoms with van der Waals surface area (Å²) in [5, 5.41) is 0.990. The van der Waals surface area contributed by atoms with Gasteiger partial charge in [0.2, 0.25) is 0 Å². The van der Waals surface area contributed by atoms with Gasteiger partial charge in [-0.25, -0.2) is 0 Å². The minimum absolute atomic E-state index is 0. The first kappa shape index (κ1) is 27.6.